The maximum atomic E-state index is 13.0. The van der Waals surface area contributed by atoms with Crippen LogP contribution in [0.15, 0.2) is 42.6 Å². The Hall–Kier alpha value is -2.56. The number of hydrogen-bond acceptors (Lipinski definition) is 4. The number of anilines is 1. The van der Waals surface area contributed by atoms with Crippen LogP contribution in [0, 0.1) is 0 Å². The summed E-state index contributed by atoms with van der Waals surface area (Å²) in [5, 5.41) is 0. The molecule has 1 aromatic carbocycles. The second kappa shape index (κ2) is 6.51. The van der Waals surface area contributed by atoms with E-state index < -0.39 is 0 Å². The molecule has 2 aliphatic heterocycles. The van der Waals surface area contributed by atoms with E-state index in [0.717, 1.165) is 24.5 Å². The molecule has 0 unspecified atom stereocenters. The number of fused-ring (bicyclic) bond motifs is 1. The van der Waals surface area contributed by atoms with Crippen molar-refractivity contribution in [2.24, 2.45) is 0 Å². The highest BCUT2D eigenvalue weighted by molar-refractivity contribution is 5.98. The average molecular weight is 323 g/mol. The third-order valence-electron chi connectivity index (χ3n) is 4.65. The van der Waals surface area contributed by atoms with Gasteiger partial charge in [0.15, 0.2) is 0 Å². The lowest BCUT2D eigenvalue weighted by Crippen LogP contribution is -2.32. The summed E-state index contributed by atoms with van der Waals surface area (Å²) in [6.07, 6.45) is 4.19. The number of ether oxygens (including phenoxy) is 1. The lowest BCUT2D eigenvalue weighted by atomic mass is 10.1. The number of benzene rings is 1. The third-order valence-corrected chi connectivity index (χ3v) is 4.65. The predicted octanol–water partition coefficient (Wildman–Crippen LogP) is 2.72. The molecule has 1 saturated heterocycles. The molecule has 1 aromatic heterocycles. The normalized spacial score (nSPS) is 17.4. The highest BCUT2D eigenvalue weighted by atomic mass is 16.5. The lowest BCUT2D eigenvalue weighted by Gasteiger charge is -2.21. The van der Waals surface area contributed by atoms with Crippen molar-refractivity contribution in [1.29, 1.82) is 0 Å². The number of amides is 1. The SMILES string of the molecule is O=C1c2cc(N3CCCC3)ccc2OCCN1Cc1ccccn1. The van der Waals surface area contributed by atoms with Crippen LogP contribution in [0.4, 0.5) is 5.69 Å². The van der Waals surface area contributed by atoms with Crippen LogP contribution < -0.4 is 9.64 Å². The van der Waals surface area contributed by atoms with Crippen LogP contribution in [0.3, 0.4) is 0 Å². The highest BCUT2D eigenvalue weighted by Crippen LogP contribution is 2.30. The second-order valence-corrected chi connectivity index (χ2v) is 6.27. The first-order valence-electron chi connectivity index (χ1n) is 8.52. The van der Waals surface area contributed by atoms with Gasteiger partial charge in [-0.3, -0.25) is 9.78 Å². The molecule has 24 heavy (non-hydrogen) atoms. The van der Waals surface area contributed by atoms with Crippen molar-refractivity contribution in [2.75, 3.05) is 31.1 Å². The van der Waals surface area contributed by atoms with Crippen LogP contribution in [0.1, 0.15) is 28.9 Å². The van der Waals surface area contributed by atoms with E-state index in [1.54, 1.807) is 6.20 Å². The van der Waals surface area contributed by atoms with Gasteiger partial charge in [0.25, 0.3) is 5.91 Å². The first-order chi connectivity index (χ1) is 11.8. The summed E-state index contributed by atoms with van der Waals surface area (Å²) >= 11 is 0. The van der Waals surface area contributed by atoms with E-state index in [-0.39, 0.29) is 5.91 Å². The van der Waals surface area contributed by atoms with Gasteiger partial charge in [-0.25, -0.2) is 0 Å². The quantitative estimate of drug-likeness (QED) is 0.871. The van der Waals surface area contributed by atoms with Crippen molar-refractivity contribution in [1.82, 2.24) is 9.88 Å². The molecule has 124 valence electrons. The zero-order valence-electron chi connectivity index (χ0n) is 13.6. The molecule has 4 rings (SSSR count). The first kappa shape index (κ1) is 15.0. The molecule has 0 aliphatic carbocycles. The fraction of sp³-hybridized carbons (Fsp3) is 0.368. The van der Waals surface area contributed by atoms with Crippen molar-refractivity contribution in [3.63, 3.8) is 0 Å². The fourth-order valence-corrected chi connectivity index (χ4v) is 3.36. The van der Waals surface area contributed by atoms with Gasteiger partial charge < -0.3 is 14.5 Å². The number of carbonyl (C=O) groups excluding carboxylic acids is 1. The summed E-state index contributed by atoms with van der Waals surface area (Å²) in [5.41, 5.74) is 2.67. The number of hydrogen-bond donors (Lipinski definition) is 0. The minimum Gasteiger partial charge on any atom is -0.491 e. The lowest BCUT2D eigenvalue weighted by molar-refractivity contribution is 0.0741. The summed E-state index contributed by atoms with van der Waals surface area (Å²) in [7, 11) is 0. The minimum absolute atomic E-state index is 0.0224. The molecule has 1 amide bonds. The van der Waals surface area contributed by atoms with Crippen molar-refractivity contribution in [3.8, 4) is 5.75 Å². The smallest absolute Gasteiger partial charge is 0.258 e. The van der Waals surface area contributed by atoms with Gasteiger partial charge in [-0.15, -0.1) is 0 Å². The number of pyridine rings is 1. The summed E-state index contributed by atoms with van der Waals surface area (Å²) in [6.45, 7) is 3.71. The molecule has 0 radical (unpaired) electrons. The molecule has 0 bridgehead atoms. The Balaban J connectivity index is 1.61. The Morgan fingerprint density at radius 2 is 1.96 bits per heavy atom. The topological polar surface area (TPSA) is 45.7 Å². The number of carbonyl (C=O) groups is 1. The Labute approximate surface area is 141 Å². The van der Waals surface area contributed by atoms with E-state index in [1.165, 1.54) is 12.8 Å². The van der Waals surface area contributed by atoms with Gasteiger partial charge in [0.05, 0.1) is 24.3 Å². The molecule has 2 aromatic rings. The Kier molecular flexibility index (Phi) is 4.07. The number of nitrogens with zero attached hydrogens (tertiary/aromatic N) is 3. The molecule has 5 nitrogen and oxygen atoms in total. The van der Waals surface area contributed by atoms with Gasteiger partial charge in [-0.1, -0.05) is 6.07 Å². The van der Waals surface area contributed by atoms with Crippen molar-refractivity contribution < 1.29 is 9.53 Å². The van der Waals surface area contributed by atoms with Crippen LogP contribution >= 0.6 is 0 Å². The first-order valence-corrected chi connectivity index (χ1v) is 8.52. The molecule has 5 heteroatoms. The van der Waals surface area contributed by atoms with Gasteiger partial charge in [0.1, 0.15) is 12.4 Å². The molecule has 0 saturated carbocycles. The minimum atomic E-state index is 0.0224. The van der Waals surface area contributed by atoms with E-state index in [0.29, 0.717) is 31.0 Å². The van der Waals surface area contributed by atoms with Crippen LogP contribution in [0.25, 0.3) is 0 Å². The third kappa shape index (κ3) is 2.94. The average Bonchev–Trinajstić information content (AvgIpc) is 3.11. The van der Waals surface area contributed by atoms with Crippen molar-refractivity contribution >= 4 is 11.6 Å². The van der Waals surface area contributed by atoms with E-state index in [9.17, 15) is 4.79 Å². The Bertz CT molecular complexity index is 727. The predicted molar refractivity (Wildman–Crippen MR) is 92.4 cm³/mol. The van der Waals surface area contributed by atoms with Gasteiger partial charge in [0.2, 0.25) is 0 Å². The monoisotopic (exact) mass is 323 g/mol. The van der Waals surface area contributed by atoms with Crippen molar-refractivity contribution in [3.05, 3.63) is 53.9 Å². The van der Waals surface area contributed by atoms with Crippen LogP contribution in [-0.2, 0) is 6.54 Å². The largest absolute Gasteiger partial charge is 0.491 e. The molecule has 1 fully saturated rings. The maximum absolute atomic E-state index is 13.0. The van der Waals surface area contributed by atoms with E-state index in [4.69, 9.17) is 4.74 Å². The fourth-order valence-electron chi connectivity index (χ4n) is 3.36. The highest BCUT2D eigenvalue weighted by Gasteiger charge is 2.25. The standard InChI is InChI=1S/C19H21N3O2/c23-19-17-13-16(21-9-3-4-10-21)6-7-18(17)24-12-11-22(19)14-15-5-1-2-8-20-15/h1-2,5-8,13H,3-4,9-12,14H2. The summed E-state index contributed by atoms with van der Waals surface area (Å²) in [6, 6.07) is 11.8. The molecular formula is C19H21N3O2. The second-order valence-electron chi connectivity index (χ2n) is 6.27. The zero-order chi connectivity index (χ0) is 16.4. The number of aromatic nitrogens is 1. The van der Waals surface area contributed by atoms with Crippen LogP contribution in [-0.4, -0.2) is 42.0 Å². The van der Waals surface area contributed by atoms with E-state index in [1.807, 2.05) is 35.2 Å². The van der Waals surface area contributed by atoms with Gasteiger partial charge in [0, 0.05) is 25.0 Å². The van der Waals surface area contributed by atoms with Gasteiger partial charge in [-0.05, 0) is 43.2 Å². The number of rotatable bonds is 3. The molecule has 0 atom stereocenters. The summed E-state index contributed by atoms with van der Waals surface area (Å²) in [5.74, 6) is 0.709. The van der Waals surface area contributed by atoms with Crippen molar-refractivity contribution in [2.45, 2.75) is 19.4 Å². The van der Waals surface area contributed by atoms with Crippen LogP contribution in [0.2, 0.25) is 0 Å². The summed E-state index contributed by atoms with van der Waals surface area (Å²) in [4.78, 5) is 21.5. The van der Waals surface area contributed by atoms with E-state index >= 15 is 0 Å². The molecule has 0 N–H and O–H groups in total. The molecular weight excluding hydrogens is 302 g/mol. The summed E-state index contributed by atoms with van der Waals surface area (Å²) < 4.78 is 5.80. The van der Waals surface area contributed by atoms with Gasteiger partial charge >= 0.3 is 0 Å². The Morgan fingerprint density at radius 3 is 2.75 bits per heavy atom. The van der Waals surface area contributed by atoms with Crippen LogP contribution in [0.5, 0.6) is 5.75 Å². The molecule has 0 spiro atoms. The maximum Gasteiger partial charge on any atom is 0.258 e. The molecule has 2 aliphatic rings. The Morgan fingerprint density at radius 1 is 1.08 bits per heavy atom. The zero-order valence-corrected chi connectivity index (χ0v) is 13.6. The van der Waals surface area contributed by atoms with E-state index in [2.05, 4.69) is 16.0 Å². The molecule has 3 heterocycles. The van der Waals surface area contributed by atoms with Gasteiger partial charge in [-0.2, -0.15) is 0 Å².